The highest BCUT2D eigenvalue weighted by molar-refractivity contribution is 5.23. The molecule has 0 radical (unpaired) electrons. The topological polar surface area (TPSA) is 63.9 Å². The summed E-state index contributed by atoms with van der Waals surface area (Å²) in [5, 5.41) is 28.1. The van der Waals surface area contributed by atoms with E-state index in [0.717, 1.165) is 31.4 Å². The molecule has 0 spiro atoms. The fourth-order valence-electron chi connectivity index (χ4n) is 3.55. The zero-order valence-electron chi connectivity index (χ0n) is 21.6. The van der Waals surface area contributed by atoms with Crippen LogP contribution in [-0.4, -0.2) is 45.6 Å². The minimum atomic E-state index is -0.365. The molecule has 0 amide bonds. The number of hydrogen-bond donors (Lipinski definition) is 3. The Bertz CT molecular complexity index is 562. The molecule has 2 atom stereocenters. The van der Waals surface area contributed by atoms with Crippen LogP contribution >= 0.6 is 0 Å². The van der Waals surface area contributed by atoms with E-state index in [1.807, 2.05) is 37.8 Å². The first-order valence-corrected chi connectivity index (χ1v) is 12.3. The standard InChI is InChI=1S/C22H36FNO2.C3H8O.C2H6/c1-5-18(6-2)15-21(26)13-14-24(17(4)16-25)22(7-3)19-9-8-10-20(23)12-11-19;1-3(2)4;1-2/h7,10-12,18-19,21,25-26H,4-6,8-9,13-16H2,1-3H3;3-4H,1-2H3;1-2H3/b22-7-;;/t19?,21-;;/m1../s1. The molecule has 0 saturated carbocycles. The molecular formula is C27H50FNO3. The predicted molar refractivity (Wildman–Crippen MR) is 136 cm³/mol. The van der Waals surface area contributed by atoms with E-state index in [-0.39, 0.29) is 30.6 Å². The maximum absolute atomic E-state index is 13.5. The van der Waals surface area contributed by atoms with Crippen molar-refractivity contribution in [2.24, 2.45) is 11.8 Å². The van der Waals surface area contributed by atoms with Gasteiger partial charge in [0.2, 0.25) is 0 Å². The number of nitrogens with zero attached hydrogens (tertiary/aromatic N) is 1. The number of allylic oxidation sites excluding steroid dienone is 5. The van der Waals surface area contributed by atoms with E-state index in [2.05, 4.69) is 20.4 Å². The van der Waals surface area contributed by atoms with Gasteiger partial charge in [-0.15, -0.1) is 0 Å². The summed E-state index contributed by atoms with van der Waals surface area (Å²) in [6.45, 7) is 18.2. The van der Waals surface area contributed by atoms with Gasteiger partial charge in [0.05, 0.1) is 12.7 Å². The fourth-order valence-corrected chi connectivity index (χ4v) is 3.55. The molecule has 4 nitrogen and oxygen atoms in total. The lowest BCUT2D eigenvalue weighted by Gasteiger charge is -2.33. The lowest BCUT2D eigenvalue weighted by molar-refractivity contribution is 0.119. The number of aliphatic hydroxyl groups excluding tert-OH is 3. The summed E-state index contributed by atoms with van der Waals surface area (Å²) in [4.78, 5) is 1.99. The summed E-state index contributed by atoms with van der Waals surface area (Å²) in [6.07, 6.45) is 11.5. The number of halogens is 1. The summed E-state index contributed by atoms with van der Waals surface area (Å²) < 4.78 is 13.5. The van der Waals surface area contributed by atoms with Gasteiger partial charge in [-0.05, 0) is 64.5 Å². The molecule has 5 heteroatoms. The van der Waals surface area contributed by atoms with Crippen molar-refractivity contribution >= 4 is 0 Å². The van der Waals surface area contributed by atoms with Crippen LogP contribution in [0.15, 0.2) is 48.1 Å². The van der Waals surface area contributed by atoms with Crippen LogP contribution in [0.2, 0.25) is 0 Å². The van der Waals surface area contributed by atoms with Crippen molar-refractivity contribution in [1.29, 1.82) is 0 Å². The Morgan fingerprint density at radius 3 is 2.28 bits per heavy atom. The molecule has 32 heavy (non-hydrogen) atoms. The van der Waals surface area contributed by atoms with E-state index in [9.17, 15) is 14.6 Å². The van der Waals surface area contributed by atoms with E-state index >= 15 is 0 Å². The highest BCUT2D eigenvalue weighted by atomic mass is 19.1. The predicted octanol–water partition coefficient (Wildman–Crippen LogP) is 6.51. The van der Waals surface area contributed by atoms with Gasteiger partial charge in [0.25, 0.3) is 0 Å². The lowest BCUT2D eigenvalue weighted by Crippen LogP contribution is -2.31. The van der Waals surface area contributed by atoms with Crippen LogP contribution in [0.4, 0.5) is 4.39 Å². The lowest BCUT2D eigenvalue weighted by atomic mass is 9.94. The van der Waals surface area contributed by atoms with E-state index in [4.69, 9.17) is 5.11 Å². The molecule has 1 aliphatic carbocycles. The molecule has 0 saturated heterocycles. The Morgan fingerprint density at radius 2 is 1.81 bits per heavy atom. The largest absolute Gasteiger partial charge is 0.394 e. The quantitative estimate of drug-likeness (QED) is 0.332. The Kier molecular flexibility index (Phi) is 20.7. The van der Waals surface area contributed by atoms with E-state index in [0.29, 0.717) is 31.0 Å². The third-order valence-corrected chi connectivity index (χ3v) is 5.30. The Balaban J connectivity index is 0. The van der Waals surface area contributed by atoms with Crippen molar-refractivity contribution in [2.45, 2.75) is 99.2 Å². The second kappa shape index (κ2) is 20.2. The third-order valence-electron chi connectivity index (χ3n) is 5.30. The molecule has 0 aromatic rings. The van der Waals surface area contributed by atoms with Crippen LogP contribution in [0, 0.1) is 11.8 Å². The van der Waals surface area contributed by atoms with Crippen LogP contribution in [-0.2, 0) is 0 Å². The summed E-state index contributed by atoms with van der Waals surface area (Å²) in [6, 6.07) is 0. The van der Waals surface area contributed by atoms with Gasteiger partial charge in [0.15, 0.2) is 0 Å². The van der Waals surface area contributed by atoms with Crippen molar-refractivity contribution < 1.29 is 19.7 Å². The normalized spacial score (nSPS) is 17.0. The van der Waals surface area contributed by atoms with Crippen LogP contribution < -0.4 is 0 Å². The van der Waals surface area contributed by atoms with Crippen LogP contribution in [0.3, 0.4) is 0 Å². The maximum Gasteiger partial charge on any atom is 0.118 e. The molecule has 1 unspecified atom stereocenters. The average Bonchev–Trinajstić information content (AvgIpc) is 2.99. The first-order chi connectivity index (χ1) is 15.2. The molecule has 0 bridgehead atoms. The van der Waals surface area contributed by atoms with Crippen LogP contribution in [0.25, 0.3) is 0 Å². The first kappa shape index (κ1) is 32.7. The van der Waals surface area contributed by atoms with Gasteiger partial charge in [0, 0.05) is 30.0 Å². The molecule has 188 valence electrons. The fraction of sp³-hybridized carbons (Fsp3) is 0.704. The highest BCUT2D eigenvalue weighted by Crippen LogP contribution is 2.29. The Morgan fingerprint density at radius 1 is 1.25 bits per heavy atom. The SMILES string of the molecule is C=C(CO)N(CC[C@@H](O)CC(CC)CC)/C(=C\C)C1C=CC(F)=CCC1.CC.CC(C)O. The van der Waals surface area contributed by atoms with Crippen molar-refractivity contribution in [1.82, 2.24) is 4.90 Å². The van der Waals surface area contributed by atoms with Crippen molar-refractivity contribution in [2.75, 3.05) is 13.2 Å². The molecule has 1 aliphatic rings. The van der Waals surface area contributed by atoms with E-state index in [1.54, 1.807) is 19.9 Å². The van der Waals surface area contributed by atoms with Crippen molar-refractivity contribution in [3.05, 3.63) is 48.1 Å². The molecule has 0 aromatic carbocycles. The van der Waals surface area contributed by atoms with Crippen LogP contribution in [0.1, 0.15) is 87.0 Å². The van der Waals surface area contributed by atoms with Gasteiger partial charge in [-0.1, -0.05) is 59.3 Å². The van der Waals surface area contributed by atoms with Gasteiger partial charge in [-0.25, -0.2) is 4.39 Å². The number of rotatable bonds is 11. The van der Waals surface area contributed by atoms with Gasteiger partial charge < -0.3 is 20.2 Å². The number of hydrogen-bond acceptors (Lipinski definition) is 4. The molecule has 0 aromatic heterocycles. The van der Waals surface area contributed by atoms with Gasteiger partial charge >= 0.3 is 0 Å². The Hall–Kier alpha value is -1.43. The summed E-state index contributed by atoms with van der Waals surface area (Å²) in [5.41, 5.74) is 1.62. The van der Waals surface area contributed by atoms with E-state index < -0.39 is 0 Å². The zero-order valence-corrected chi connectivity index (χ0v) is 21.6. The molecule has 0 heterocycles. The van der Waals surface area contributed by atoms with Gasteiger partial charge in [-0.2, -0.15) is 0 Å². The summed E-state index contributed by atoms with van der Waals surface area (Å²) in [5.74, 6) is 0.416. The second-order valence-corrected chi connectivity index (χ2v) is 8.18. The highest BCUT2D eigenvalue weighted by Gasteiger charge is 2.22. The smallest absolute Gasteiger partial charge is 0.118 e. The zero-order chi connectivity index (χ0) is 25.1. The van der Waals surface area contributed by atoms with Gasteiger partial charge in [0.1, 0.15) is 5.83 Å². The molecule has 1 rings (SSSR count). The summed E-state index contributed by atoms with van der Waals surface area (Å²) in [7, 11) is 0. The van der Waals surface area contributed by atoms with Gasteiger partial charge in [-0.3, -0.25) is 0 Å². The minimum absolute atomic E-state index is 0.0731. The van der Waals surface area contributed by atoms with Crippen molar-refractivity contribution in [3.8, 4) is 0 Å². The number of aliphatic hydroxyl groups is 3. The molecule has 3 N–H and O–H groups in total. The maximum atomic E-state index is 13.5. The second-order valence-electron chi connectivity index (χ2n) is 8.18. The molecule has 0 aliphatic heterocycles. The molecular weight excluding hydrogens is 405 g/mol. The monoisotopic (exact) mass is 455 g/mol. The minimum Gasteiger partial charge on any atom is -0.394 e. The summed E-state index contributed by atoms with van der Waals surface area (Å²) >= 11 is 0. The van der Waals surface area contributed by atoms with Crippen LogP contribution in [0.5, 0.6) is 0 Å². The molecule has 0 fully saturated rings. The Labute approximate surface area is 197 Å². The van der Waals surface area contributed by atoms with E-state index in [1.165, 1.54) is 6.08 Å². The third kappa shape index (κ3) is 14.6. The average molecular weight is 456 g/mol. The first-order valence-electron chi connectivity index (χ1n) is 12.3. The van der Waals surface area contributed by atoms with Crippen molar-refractivity contribution in [3.63, 3.8) is 0 Å².